The molecule has 4 nitrogen and oxygen atoms in total. The SMILES string of the molecule is NC(Cc1nc(CSc2ccccc2Cl)no1)C1CC1. The molecule has 1 saturated carbocycles. The van der Waals surface area contributed by atoms with Crippen LogP contribution in [-0.2, 0) is 12.2 Å². The van der Waals surface area contributed by atoms with Crippen molar-refractivity contribution in [1.29, 1.82) is 0 Å². The van der Waals surface area contributed by atoms with E-state index in [0.717, 1.165) is 9.92 Å². The van der Waals surface area contributed by atoms with E-state index in [1.54, 1.807) is 11.8 Å². The Labute approximate surface area is 127 Å². The first-order valence-corrected chi connectivity index (χ1v) is 8.03. The topological polar surface area (TPSA) is 64.9 Å². The van der Waals surface area contributed by atoms with E-state index in [0.29, 0.717) is 29.8 Å². The van der Waals surface area contributed by atoms with Crippen molar-refractivity contribution in [3.8, 4) is 0 Å². The smallest absolute Gasteiger partial charge is 0.228 e. The Morgan fingerprint density at radius 3 is 2.95 bits per heavy atom. The Balaban J connectivity index is 1.55. The van der Waals surface area contributed by atoms with Crippen molar-refractivity contribution in [2.45, 2.75) is 36.0 Å². The van der Waals surface area contributed by atoms with Crippen LogP contribution in [0, 0.1) is 5.92 Å². The van der Waals surface area contributed by atoms with Gasteiger partial charge in [-0.05, 0) is 30.9 Å². The molecule has 106 valence electrons. The van der Waals surface area contributed by atoms with Gasteiger partial charge < -0.3 is 10.3 Å². The van der Waals surface area contributed by atoms with Crippen LogP contribution >= 0.6 is 23.4 Å². The first kappa shape index (κ1) is 13.9. The van der Waals surface area contributed by atoms with Crippen LogP contribution in [0.1, 0.15) is 24.6 Å². The number of benzene rings is 1. The maximum atomic E-state index is 6.10. The lowest BCUT2D eigenvalue weighted by molar-refractivity contribution is 0.360. The molecule has 0 amide bonds. The van der Waals surface area contributed by atoms with E-state index in [4.69, 9.17) is 21.9 Å². The first-order valence-electron chi connectivity index (χ1n) is 6.67. The third kappa shape index (κ3) is 3.53. The number of thioether (sulfide) groups is 1. The quantitative estimate of drug-likeness (QED) is 0.829. The van der Waals surface area contributed by atoms with E-state index in [2.05, 4.69) is 10.1 Å². The highest BCUT2D eigenvalue weighted by Gasteiger charge is 2.29. The largest absolute Gasteiger partial charge is 0.339 e. The molecule has 0 radical (unpaired) electrons. The summed E-state index contributed by atoms with van der Waals surface area (Å²) in [5, 5.41) is 4.74. The van der Waals surface area contributed by atoms with E-state index in [1.165, 1.54) is 12.8 Å². The summed E-state index contributed by atoms with van der Waals surface area (Å²) in [4.78, 5) is 5.41. The van der Waals surface area contributed by atoms with Crippen LogP contribution in [0.2, 0.25) is 5.02 Å². The van der Waals surface area contributed by atoms with Crippen molar-refractivity contribution in [2.24, 2.45) is 11.7 Å². The Bertz CT molecular complexity index is 585. The molecule has 0 bridgehead atoms. The zero-order valence-electron chi connectivity index (χ0n) is 11.0. The van der Waals surface area contributed by atoms with Crippen molar-refractivity contribution in [3.05, 3.63) is 41.0 Å². The standard InChI is InChI=1S/C14H16ClN3OS/c15-10-3-1-2-4-12(10)20-8-13-17-14(19-18-13)7-11(16)9-5-6-9/h1-4,9,11H,5-8,16H2. The number of aromatic nitrogens is 2. The normalized spacial score (nSPS) is 16.3. The molecular formula is C14H16ClN3OS. The minimum absolute atomic E-state index is 0.152. The highest BCUT2D eigenvalue weighted by molar-refractivity contribution is 7.98. The summed E-state index contributed by atoms with van der Waals surface area (Å²) >= 11 is 7.71. The van der Waals surface area contributed by atoms with Crippen LogP contribution in [0.4, 0.5) is 0 Å². The number of hydrogen-bond acceptors (Lipinski definition) is 5. The zero-order valence-corrected chi connectivity index (χ0v) is 12.5. The van der Waals surface area contributed by atoms with Gasteiger partial charge in [-0.3, -0.25) is 0 Å². The molecular weight excluding hydrogens is 294 g/mol. The van der Waals surface area contributed by atoms with Gasteiger partial charge in [-0.2, -0.15) is 4.98 Å². The third-order valence-corrected chi connectivity index (χ3v) is 4.85. The monoisotopic (exact) mass is 309 g/mol. The fourth-order valence-corrected chi connectivity index (χ4v) is 3.11. The Hall–Kier alpha value is -1.04. The molecule has 1 aliphatic carbocycles. The summed E-state index contributed by atoms with van der Waals surface area (Å²) in [7, 11) is 0. The predicted octanol–water partition coefficient (Wildman–Crippen LogP) is 3.30. The number of nitrogens with zero attached hydrogens (tertiary/aromatic N) is 2. The van der Waals surface area contributed by atoms with Crippen molar-refractivity contribution in [3.63, 3.8) is 0 Å². The second-order valence-electron chi connectivity index (χ2n) is 5.03. The van der Waals surface area contributed by atoms with Crippen LogP contribution in [0.3, 0.4) is 0 Å². The third-order valence-electron chi connectivity index (χ3n) is 3.34. The van der Waals surface area contributed by atoms with Crippen molar-refractivity contribution >= 4 is 23.4 Å². The molecule has 1 aromatic carbocycles. The molecule has 0 spiro atoms. The molecule has 0 saturated heterocycles. The lowest BCUT2D eigenvalue weighted by atomic mass is 10.1. The molecule has 1 aliphatic rings. The van der Waals surface area contributed by atoms with Gasteiger partial charge >= 0.3 is 0 Å². The molecule has 2 aromatic rings. The average Bonchev–Trinajstić information content (AvgIpc) is 3.20. The molecule has 0 aliphatic heterocycles. The summed E-state index contributed by atoms with van der Waals surface area (Å²) in [6.45, 7) is 0. The summed E-state index contributed by atoms with van der Waals surface area (Å²) in [5.74, 6) is 2.61. The molecule has 1 heterocycles. The second-order valence-corrected chi connectivity index (χ2v) is 6.45. The number of halogens is 1. The summed E-state index contributed by atoms with van der Waals surface area (Å²) in [6, 6.07) is 7.89. The molecule has 20 heavy (non-hydrogen) atoms. The Morgan fingerprint density at radius 2 is 2.20 bits per heavy atom. The number of hydrogen-bond donors (Lipinski definition) is 1. The van der Waals surface area contributed by atoms with Gasteiger partial charge in [0, 0.05) is 17.4 Å². The van der Waals surface area contributed by atoms with Gasteiger partial charge in [0.15, 0.2) is 5.82 Å². The van der Waals surface area contributed by atoms with Crippen LogP contribution in [0.15, 0.2) is 33.7 Å². The fourth-order valence-electron chi connectivity index (χ4n) is 2.03. The van der Waals surface area contributed by atoms with E-state index >= 15 is 0 Å². The zero-order chi connectivity index (χ0) is 13.9. The van der Waals surface area contributed by atoms with Gasteiger partial charge in [-0.1, -0.05) is 28.9 Å². The van der Waals surface area contributed by atoms with Gasteiger partial charge in [-0.15, -0.1) is 11.8 Å². The van der Waals surface area contributed by atoms with Crippen LogP contribution in [0.5, 0.6) is 0 Å². The van der Waals surface area contributed by atoms with Gasteiger partial charge in [0.1, 0.15) is 0 Å². The second kappa shape index (κ2) is 6.16. The maximum Gasteiger partial charge on any atom is 0.228 e. The van der Waals surface area contributed by atoms with Gasteiger partial charge in [0.05, 0.1) is 10.8 Å². The van der Waals surface area contributed by atoms with Gasteiger partial charge in [0.2, 0.25) is 5.89 Å². The number of nitrogens with two attached hydrogens (primary N) is 1. The summed E-state index contributed by atoms with van der Waals surface area (Å²) < 4.78 is 5.24. The molecule has 1 unspecified atom stereocenters. The van der Waals surface area contributed by atoms with Crippen molar-refractivity contribution in [1.82, 2.24) is 10.1 Å². The molecule has 6 heteroatoms. The Morgan fingerprint density at radius 1 is 1.40 bits per heavy atom. The molecule has 1 aromatic heterocycles. The minimum Gasteiger partial charge on any atom is -0.339 e. The number of rotatable bonds is 6. The van der Waals surface area contributed by atoms with Gasteiger partial charge in [0.25, 0.3) is 0 Å². The summed E-state index contributed by atoms with van der Waals surface area (Å²) in [5.41, 5.74) is 6.05. The Kier molecular flexibility index (Phi) is 4.29. The van der Waals surface area contributed by atoms with Crippen LogP contribution in [-0.4, -0.2) is 16.2 Å². The highest BCUT2D eigenvalue weighted by Crippen LogP contribution is 2.33. The van der Waals surface area contributed by atoms with Gasteiger partial charge in [-0.25, -0.2) is 0 Å². The van der Waals surface area contributed by atoms with E-state index in [-0.39, 0.29) is 6.04 Å². The van der Waals surface area contributed by atoms with E-state index in [1.807, 2.05) is 24.3 Å². The van der Waals surface area contributed by atoms with E-state index in [9.17, 15) is 0 Å². The highest BCUT2D eigenvalue weighted by atomic mass is 35.5. The molecule has 2 N–H and O–H groups in total. The average molecular weight is 310 g/mol. The van der Waals surface area contributed by atoms with Crippen LogP contribution in [0.25, 0.3) is 0 Å². The lowest BCUT2D eigenvalue weighted by Gasteiger charge is -2.04. The maximum absolute atomic E-state index is 6.10. The molecule has 1 atom stereocenters. The fraction of sp³-hybridized carbons (Fsp3) is 0.429. The van der Waals surface area contributed by atoms with E-state index < -0.39 is 0 Å². The summed E-state index contributed by atoms with van der Waals surface area (Å²) in [6.07, 6.45) is 3.13. The van der Waals surface area contributed by atoms with Crippen molar-refractivity contribution < 1.29 is 4.52 Å². The minimum atomic E-state index is 0.152. The first-order chi connectivity index (χ1) is 9.72. The lowest BCUT2D eigenvalue weighted by Crippen LogP contribution is -2.25. The molecule has 3 rings (SSSR count). The molecule has 1 fully saturated rings. The predicted molar refractivity (Wildman–Crippen MR) is 79.7 cm³/mol. The van der Waals surface area contributed by atoms with Crippen LogP contribution < -0.4 is 5.73 Å². The van der Waals surface area contributed by atoms with Crippen molar-refractivity contribution in [2.75, 3.05) is 0 Å².